The van der Waals surface area contributed by atoms with Crippen LogP contribution < -0.4 is 0 Å². The Morgan fingerprint density at radius 1 is 1.29 bits per heavy atom. The van der Waals surface area contributed by atoms with Crippen molar-refractivity contribution in [3.05, 3.63) is 0 Å². The van der Waals surface area contributed by atoms with E-state index in [1.54, 1.807) is 0 Å². The highest BCUT2D eigenvalue weighted by atomic mass is 16.7. The Bertz CT molecular complexity index is 187. The molecular weight excluding hydrogens is 180 g/mol. The van der Waals surface area contributed by atoms with Crippen molar-refractivity contribution in [2.24, 2.45) is 5.92 Å². The fourth-order valence-electron chi connectivity index (χ4n) is 1.64. The minimum absolute atomic E-state index is 0.452. The van der Waals surface area contributed by atoms with Crippen LogP contribution in [-0.2, 0) is 9.47 Å². The molecule has 0 radical (unpaired) electrons. The topological polar surface area (TPSA) is 35.5 Å². The summed E-state index contributed by atoms with van der Waals surface area (Å²) in [6, 6.07) is 0. The predicted molar refractivity (Wildman–Crippen MR) is 54.1 cm³/mol. The van der Waals surface area contributed by atoms with E-state index >= 15 is 0 Å². The highest BCUT2D eigenvalue weighted by molar-refractivity contribution is 5.60. The van der Waals surface area contributed by atoms with Crippen molar-refractivity contribution >= 4 is 6.16 Å². The second-order valence-corrected chi connectivity index (χ2v) is 4.93. The van der Waals surface area contributed by atoms with Gasteiger partial charge in [0.2, 0.25) is 0 Å². The Labute approximate surface area is 85.8 Å². The molecule has 1 aliphatic rings. The van der Waals surface area contributed by atoms with Crippen molar-refractivity contribution in [2.45, 2.75) is 52.1 Å². The zero-order valence-electron chi connectivity index (χ0n) is 9.34. The maximum Gasteiger partial charge on any atom is 0.508 e. The lowest BCUT2D eigenvalue weighted by atomic mass is 10.1. The first-order chi connectivity index (χ1) is 6.47. The lowest BCUT2D eigenvalue weighted by Gasteiger charge is -2.19. The molecule has 0 unspecified atom stereocenters. The standard InChI is InChI=1S/C11H20O3/c1-11(2,3)14-10(12)13-8-9-6-4-5-7-9/h9H,4-8H2,1-3H3. The summed E-state index contributed by atoms with van der Waals surface area (Å²) >= 11 is 0. The van der Waals surface area contributed by atoms with Crippen molar-refractivity contribution in [1.29, 1.82) is 0 Å². The molecule has 3 nitrogen and oxygen atoms in total. The second kappa shape index (κ2) is 4.67. The lowest BCUT2D eigenvalue weighted by Crippen LogP contribution is -2.25. The summed E-state index contributed by atoms with van der Waals surface area (Å²) in [4.78, 5) is 11.2. The first-order valence-corrected chi connectivity index (χ1v) is 5.33. The molecule has 1 rings (SSSR count). The van der Waals surface area contributed by atoms with Gasteiger partial charge in [0, 0.05) is 0 Å². The van der Waals surface area contributed by atoms with Crippen LogP contribution in [0.4, 0.5) is 4.79 Å². The minimum atomic E-state index is -0.538. The van der Waals surface area contributed by atoms with Crippen LogP contribution in [0.5, 0.6) is 0 Å². The molecule has 82 valence electrons. The molecule has 0 amide bonds. The smallest absolute Gasteiger partial charge is 0.434 e. The Morgan fingerprint density at radius 3 is 2.36 bits per heavy atom. The molecule has 0 bridgehead atoms. The van der Waals surface area contributed by atoms with E-state index in [9.17, 15) is 4.79 Å². The lowest BCUT2D eigenvalue weighted by molar-refractivity contribution is -0.0128. The van der Waals surface area contributed by atoms with Crippen LogP contribution in [0.2, 0.25) is 0 Å². The Morgan fingerprint density at radius 2 is 1.86 bits per heavy atom. The molecule has 1 saturated carbocycles. The van der Waals surface area contributed by atoms with Crippen LogP contribution in [0, 0.1) is 5.92 Å². The molecule has 0 aromatic rings. The van der Waals surface area contributed by atoms with E-state index in [1.807, 2.05) is 20.8 Å². The summed E-state index contributed by atoms with van der Waals surface area (Å²) < 4.78 is 10.1. The molecule has 14 heavy (non-hydrogen) atoms. The second-order valence-electron chi connectivity index (χ2n) is 4.93. The Balaban J connectivity index is 2.14. The molecule has 0 heterocycles. The number of hydrogen-bond donors (Lipinski definition) is 0. The molecular formula is C11H20O3. The van der Waals surface area contributed by atoms with Gasteiger partial charge in [-0.3, -0.25) is 0 Å². The fraction of sp³-hybridized carbons (Fsp3) is 0.909. The molecule has 1 fully saturated rings. The SMILES string of the molecule is CC(C)(C)OC(=O)OCC1CCCC1. The predicted octanol–water partition coefficient (Wildman–Crippen LogP) is 3.13. The van der Waals surface area contributed by atoms with Gasteiger partial charge in [0.15, 0.2) is 0 Å². The summed E-state index contributed by atoms with van der Waals surface area (Å²) in [6.07, 6.45) is 4.36. The number of rotatable bonds is 2. The number of ether oxygens (including phenoxy) is 2. The summed E-state index contributed by atoms with van der Waals surface area (Å²) in [6.45, 7) is 6.03. The van der Waals surface area contributed by atoms with Gasteiger partial charge in [0.05, 0.1) is 6.61 Å². The Kier molecular flexibility index (Phi) is 3.78. The monoisotopic (exact) mass is 200 g/mol. The van der Waals surface area contributed by atoms with Gasteiger partial charge < -0.3 is 9.47 Å². The van der Waals surface area contributed by atoms with E-state index in [2.05, 4.69) is 0 Å². The van der Waals surface area contributed by atoms with Crippen LogP contribution in [0.25, 0.3) is 0 Å². The third-order valence-corrected chi connectivity index (χ3v) is 2.30. The van der Waals surface area contributed by atoms with Crippen LogP contribution in [0.3, 0.4) is 0 Å². The molecule has 0 aliphatic heterocycles. The van der Waals surface area contributed by atoms with E-state index in [4.69, 9.17) is 9.47 Å². The van der Waals surface area contributed by atoms with Gasteiger partial charge in [-0.15, -0.1) is 0 Å². The van der Waals surface area contributed by atoms with Gasteiger partial charge in [-0.1, -0.05) is 12.8 Å². The average Bonchev–Trinajstić information content (AvgIpc) is 2.49. The maximum absolute atomic E-state index is 11.2. The first kappa shape index (κ1) is 11.3. The molecule has 0 saturated heterocycles. The van der Waals surface area contributed by atoms with Crippen molar-refractivity contribution in [1.82, 2.24) is 0 Å². The quantitative estimate of drug-likeness (QED) is 0.642. The largest absolute Gasteiger partial charge is 0.508 e. The van der Waals surface area contributed by atoms with E-state index < -0.39 is 11.8 Å². The van der Waals surface area contributed by atoms with Gasteiger partial charge >= 0.3 is 6.16 Å². The summed E-state index contributed by atoms with van der Waals surface area (Å²) in [5, 5.41) is 0. The molecule has 0 N–H and O–H groups in total. The highest BCUT2D eigenvalue weighted by Gasteiger charge is 2.20. The van der Waals surface area contributed by atoms with Crippen LogP contribution >= 0.6 is 0 Å². The van der Waals surface area contributed by atoms with Crippen LogP contribution in [-0.4, -0.2) is 18.4 Å². The number of hydrogen-bond acceptors (Lipinski definition) is 3. The van der Waals surface area contributed by atoms with E-state index in [0.29, 0.717) is 12.5 Å². The Hall–Kier alpha value is -0.730. The normalized spacial score (nSPS) is 18.2. The first-order valence-electron chi connectivity index (χ1n) is 5.33. The van der Waals surface area contributed by atoms with Crippen molar-refractivity contribution in [3.63, 3.8) is 0 Å². The minimum Gasteiger partial charge on any atom is -0.434 e. The molecule has 1 aliphatic carbocycles. The molecule has 3 heteroatoms. The maximum atomic E-state index is 11.2. The number of carbonyl (C=O) groups excluding carboxylic acids is 1. The molecule has 0 aromatic carbocycles. The van der Waals surface area contributed by atoms with E-state index in [1.165, 1.54) is 25.7 Å². The third kappa shape index (κ3) is 4.49. The summed E-state index contributed by atoms with van der Waals surface area (Å²) in [5.41, 5.74) is -0.452. The van der Waals surface area contributed by atoms with Gasteiger partial charge in [0.25, 0.3) is 0 Å². The zero-order valence-corrected chi connectivity index (χ0v) is 9.34. The van der Waals surface area contributed by atoms with Gasteiger partial charge in [-0.25, -0.2) is 4.79 Å². The highest BCUT2D eigenvalue weighted by Crippen LogP contribution is 2.24. The molecule has 0 spiro atoms. The van der Waals surface area contributed by atoms with Gasteiger partial charge in [0.1, 0.15) is 5.60 Å². The van der Waals surface area contributed by atoms with E-state index in [-0.39, 0.29) is 0 Å². The van der Waals surface area contributed by atoms with Crippen LogP contribution in [0.1, 0.15) is 46.5 Å². The summed E-state index contributed by atoms with van der Waals surface area (Å²) in [5.74, 6) is 0.558. The third-order valence-electron chi connectivity index (χ3n) is 2.30. The van der Waals surface area contributed by atoms with Crippen molar-refractivity contribution in [3.8, 4) is 0 Å². The van der Waals surface area contributed by atoms with E-state index in [0.717, 1.165) is 0 Å². The number of carbonyl (C=O) groups is 1. The van der Waals surface area contributed by atoms with Gasteiger partial charge in [-0.05, 0) is 39.5 Å². The average molecular weight is 200 g/mol. The fourth-order valence-corrected chi connectivity index (χ4v) is 1.64. The molecule has 0 aromatic heterocycles. The summed E-state index contributed by atoms with van der Waals surface area (Å²) in [7, 11) is 0. The van der Waals surface area contributed by atoms with Crippen LogP contribution in [0.15, 0.2) is 0 Å². The zero-order chi connectivity index (χ0) is 10.6. The van der Waals surface area contributed by atoms with Crippen molar-refractivity contribution < 1.29 is 14.3 Å². The van der Waals surface area contributed by atoms with Crippen molar-refractivity contribution in [2.75, 3.05) is 6.61 Å². The molecule has 0 atom stereocenters. The van der Waals surface area contributed by atoms with Gasteiger partial charge in [-0.2, -0.15) is 0 Å².